The largest absolute Gasteiger partial charge is 0.396 e. The maximum Gasteiger partial charge on any atom is 0.243 e. The van der Waals surface area contributed by atoms with E-state index in [2.05, 4.69) is 19.2 Å². The van der Waals surface area contributed by atoms with Crippen molar-refractivity contribution in [3.63, 3.8) is 0 Å². The Morgan fingerprint density at radius 3 is 2.00 bits per heavy atom. The lowest BCUT2D eigenvalue weighted by molar-refractivity contribution is -0.129. The van der Waals surface area contributed by atoms with Crippen molar-refractivity contribution in [1.29, 1.82) is 0 Å². The van der Waals surface area contributed by atoms with Crippen molar-refractivity contribution >= 4 is 29.1 Å². The third-order valence-electron chi connectivity index (χ3n) is 3.73. The van der Waals surface area contributed by atoms with Crippen LogP contribution in [0.1, 0.15) is 72.8 Å². The highest BCUT2D eigenvalue weighted by molar-refractivity contribution is 5.97. The number of nitrogens with one attached hydrogen (secondary N) is 1. The number of amides is 2. The number of aliphatic hydroxyl groups excluding tert-OH is 1. The molecule has 0 fully saturated rings. The van der Waals surface area contributed by atoms with Crippen LogP contribution in [0.15, 0.2) is 24.3 Å². The smallest absolute Gasteiger partial charge is 0.243 e. The molecular formula is C24H40N2O6. The number of carbonyl (C=O) groups excluding carboxylic acids is 4. The number of hydrogen-bond donors (Lipinski definition) is 3. The van der Waals surface area contributed by atoms with Gasteiger partial charge in [0.25, 0.3) is 0 Å². The van der Waals surface area contributed by atoms with Crippen LogP contribution in [0.5, 0.6) is 0 Å². The Hall–Kier alpha value is -2.58. The third-order valence-corrected chi connectivity index (χ3v) is 3.73. The molecule has 0 bridgehead atoms. The van der Waals surface area contributed by atoms with Crippen molar-refractivity contribution < 1.29 is 29.0 Å². The van der Waals surface area contributed by atoms with Crippen molar-refractivity contribution in [2.45, 2.75) is 79.2 Å². The van der Waals surface area contributed by atoms with Crippen LogP contribution in [0.2, 0.25) is 0 Å². The molecule has 1 aromatic carbocycles. The summed E-state index contributed by atoms with van der Waals surface area (Å²) in [5.41, 5.74) is 6.15. The fourth-order valence-corrected chi connectivity index (χ4v) is 2.22. The van der Waals surface area contributed by atoms with E-state index < -0.39 is 11.5 Å². The highest BCUT2D eigenvalue weighted by Crippen LogP contribution is 2.13. The summed E-state index contributed by atoms with van der Waals surface area (Å²) in [5, 5.41) is 11.2. The van der Waals surface area contributed by atoms with Crippen LogP contribution in [-0.2, 0) is 30.3 Å². The Morgan fingerprint density at radius 2 is 1.59 bits per heavy atom. The molecule has 0 aliphatic rings. The summed E-state index contributed by atoms with van der Waals surface area (Å²) in [6.07, 6.45) is 2.76. The maximum absolute atomic E-state index is 11.4. The van der Waals surface area contributed by atoms with Gasteiger partial charge in [0, 0.05) is 25.6 Å². The number of benzene rings is 1. The fraction of sp³-hybridized carbons (Fsp3) is 0.583. The van der Waals surface area contributed by atoms with Gasteiger partial charge in [0.15, 0.2) is 0 Å². The van der Waals surface area contributed by atoms with E-state index in [9.17, 15) is 19.2 Å². The average molecular weight is 453 g/mol. The number of carbonyl (C=O) groups is 4. The Bertz CT molecular complexity index is 699. The van der Waals surface area contributed by atoms with Crippen LogP contribution in [0.4, 0.5) is 5.69 Å². The first-order chi connectivity index (χ1) is 14.9. The highest BCUT2D eigenvalue weighted by atomic mass is 16.5. The molecule has 8 heteroatoms. The van der Waals surface area contributed by atoms with Crippen LogP contribution in [-0.4, -0.2) is 47.3 Å². The van der Waals surface area contributed by atoms with Gasteiger partial charge in [0.05, 0.1) is 12.0 Å². The quantitative estimate of drug-likeness (QED) is 0.441. The number of aryl methyl sites for hydroxylation is 1. The predicted molar refractivity (Wildman–Crippen MR) is 126 cm³/mol. The van der Waals surface area contributed by atoms with E-state index in [0.29, 0.717) is 19.3 Å². The summed E-state index contributed by atoms with van der Waals surface area (Å²) < 4.78 is 5.10. The minimum absolute atomic E-state index is 0.0178. The zero-order valence-electron chi connectivity index (χ0n) is 20.3. The summed E-state index contributed by atoms with van der Waals surface area (Å²) in [7, 11) is 0. The van der Waals surface area contributed by atoms with Gasteiger partial charge in [-0.05, 0) is 51.3 Å². The number of rotatable bonds is 11. The molecule has 4 N–H and O–H groups in total. The van der Waals surface area contributed by atoms with E-state index in [-0.39, 0.29) is 37.1 Å². The molecule has 1 aromatic rings. The van der Waals surface area contributed by atoms with Gasteiger partial charge in [-0.3, -0.25) is 19.2 Å². The number of ketones is 2. The minimum atomic E-state index is -0.490. The molecule has 0 unspecified atom stereocenters. The van der Waals surface area contributed by atoms with Gasteiger partial charge in [-0.15, -0.1) is 0 Å². The minimum Gasteiger partial charge on any atom is -0.396 e. The molecule has 0 aliphatic heterocycles. The Kier molecular flexibility index (Phi) is 17.8. The summed E-state index contributed by atoms with van der Waals surface area (Å²) in [4.78, 5) is 43.2. The van der Waals surface area contributed by atoms with Gasteiger partial charge in [-0.2, -0.15) is 0 Å². The summed E-state index contributed by atoms with van der Waals surface area (Å²) in [6, 6.07) is 7.33. The van der Waals surface area contributed by atoms with Crippen molar-refractivity contribution in [1.82, 2.24) is 0 Å². The molecule has 0 atom stereocenters. The molecule has 1 rings (SSSR count). The number of hydrogen-bond acceptors (Lipinski definition) is 6. The Balaban J connectivity index is 0. The predicted octanol–water partition coefficient (Wildman–Crippen LogP) is 3.19. The summed E-state index contributed by atoms with van der Waals surface area (Å²) in [6.45, 7) is 10.7. The molecule has 0 aliphatic carbocycles. The topological polar surface area (TPSA) is 136 Å². The van der Waals surface area contributed by atoms with Crippen molar-refractivity contribution in [2.75, 3.05) is 18.5 Å². The number of ether oxygens (including phenoxy) is 1. The standard InChI is InChI=1S/C14H17NO3.C7H15NO3.C3H8/c1-10(16)9-14(18)8-5-12-3-6-13(7-4-12)15-11(2)17;1-7(2,3-4-9)11-5-6(8)10;1-3-2/h3-4,6-7H,5,8-9H2,1-2H3,(H,15,17);9H,3-5H2,1-2H3,(H2,8,10);3H2,1-2H3. The molecule has 182 valence electrons. The first-order valence-electron chi connectivity index (χ1n) is 10.8. The first kappa shape index (κ1) is 31.6. The first-order valence-corrected chi connectivity index (χ1v) is 10.8. The molecule has 8 nitrogen and oxygen atoms in total. The van der Waals surface area contributed by atoms with Gasteiger partial charge >= 0.3 is 0 Å². The van der Waals surface area contributed by atoms with Gasteiger partial charge in [-0.25, -0.2) is 0 Å². The molecule has 0 saturated carbocycles. The highest BCUT2D eigenvalue weighted by Gasteiger charge is 2.17. The Labute approximate surface area is 191 Å². The zero-order chi connectivity index (χ0) is 25.2. The summed E-state index contributed by atoms with van der Waals surface area (Å²) in [5.74, 6) is -0.732. The second-order valence-electron chi connectivity index (χ2n) is 7.99. The number of primary amides is 1. The second kappa shape index (κ2) is 18.0. The summed E-state index contributed by atoms with van der Waals surface area (Å²) >= 11 is 0. The van der Waals surface area contributed by atoms with E-state index in [1.165, 1.54) is 20.3 Å². The third kappa shape index (κ3) is 20.7. The zero-order valence-corrected chi connectivity index (χ0v) is 20.3. The van der Waals surface area contributed by atoms with Crippen molar-refractivity contribution in [3.8, 4) is 0 Å². The van der Waals surface area contributed by atoms with Crippen LogP contribution >= 0.6 is 0 Å². The lowest BCUT2D eigenvalue weighted by Crippen LogP contribution is -2.31. The lowest BCUT2D eigenvalue weighted by Gasteiger charge is -2.23. The monoisotopic (exact) mass is 452 g/mol. The van der Waals surface area contributed by atoms with Crippen LogP contribution in [0, 0.1) is 0 Å². The van der Waals surface area contributed by atoms with Crippen LogP contribution < -0.4 is 11.1 Å². The number of anilines is 1. The van der Waals surface area contributed by atoms with E-state index in [1.807, 2.05) is 12.1 Å². The normalized spacial score (nSPS) is 10.1. The van der Waals surface area contributed by atoms with Crippen molar-refractivity contribution in [3.05, 3.63) is 29.8 Å². The number of aliphatic hydroxyl groups is 1. The molecule has 0 aromatic heterocycles. The van der Waals surface area contributed by atoms with Crippen LogP contribution in [0.3, 0.4) is 0 Å². The number of nitrogens with two attached hydrogens (primary N) is 1. The van der Waals surface area contributed by atoms with E-state index >= 15 is 0 Å². The van der Waals surface area contributed by atoms with E-state index in [4.69, 9.17) is 15.6 Å². The molecule has 0 spiro atoms. The van der Waals surface area contributed by atoms with E-state index in [1.54, 1.807) is 26.0 Å². The Morgan fingerprint density at radius 1 is 1.06 bits per heavy atom. The molecule has 2 amide bonds. The lowest BCUT2D eigenvalue weighted by atomic mass is 10.0. The van der Waals surface area contributed by atoms with Gasteiger partial charge in [0.2, 0.25) is 11.8 Å². The molecular weight excluding hydrogens is 412 g/mol. The molecule has 0 heterocycles. The van der Waals surface area contributed by atoms with Crippen molar-refractivity contribution in [2.24, 2.45) is 5.73 Å². The van der Waals surface area contributed by atoms with Gasteiger partial charge < -0.3 is 20.9 Å². The SMILES string of the molecule is CC(=O)CC(=O)CCc1ccc(NC(C)=O)cc1.CC(C)(CCO)OCC(N)=O.CCC. The molecule has 0 radical (unpaired) electrons. The fourth-order valence-electron chi connectivity index (χ4n) is 2.22. The van der Waals surface area contributed by atoms with E-state index in [0.717, 1.165) is 11.3 Å². The average Bonchev–Trinajstić information content (AvgIpc) is 2.66. The van der Waals surface area contributed by atoms with Gasteiger partial charge in [0.1, 0.15) is 18.2 Å². The molecule has 32 heavy (non-hydrogen) atoms. The maximum atomic E-state index is 11.4. The number of Topliss-reactive ketones (excluding diaryl/α,β-unsaturated/α-hetero) is 2. The van der Waals surface area contributed by atoms with Gasteiger partial charge in [-0.1, -0.05) is 32.4 Å². The molecule has 0 saturated heterocycles. The van der Waals surface area contributed by atoms with Crippen LogP contribution in [0.25, 0.3) is 0 Å². The second-order valence-corrected chi connectivity index (χ2v) is 7.99.